The highest BCUT2D eigenvalue weighted by atomic mass is 35.5. The van der Waals surface area contributed by atoms with Crippen LogP contribution in [0.2, 0.25) is 5.02 Å². The first-order valence-electron chi connectivity index (χ1n) is 8.39. The van der Waals surface area contributed by atoms with Crippen LogP contribution in [0.5, 0.6) is 5.75 Å². The molecule has 3 rings (SSSR count). The highest BCUT2D eigenvalue weighted by molar-refractivity contribution is 6.33. The maximum Gasteiger partial charge on any atom is 0.255 e. The molecule has 1 heterocycles. The summed E-state index contributed by atoms with van der Waals surface area (Å²) < 4.78 is 18.3. The Hall–Kier alpha value is -2.47. The number of nitrogens with two attached hydrogens (primary N) is 1. The quantitative estimate of drug-likeness (QED) is 0.784. The van der Waals surface area contributed by atoms with Crippen LogP contribution in [-0.4, -0.2) is 32.7 Å². The number of carbonyl (C=O) groups excluding carboxylic acids is 1. The summed E-state index contributed by atoms with van der Waals surface area (Å²) in [6, 6.07) is 9.53. The monoisotopic (exact) mass is 377 g/mol. The second kappa shape index (κ2) is 7.83. The van der Waals surface area contributed by atoms with Crippen molar-refractivity contribution in [3.8, 4) is 5.75 Å². The van der Waals surface area contributed by atoms with Gasteiger partial charge in [0.1, 0.15) is 11.6 Å². The molecule has 2 aromatic rings. The maximum atomic E-state index is 13.0. The number of amides is 1. The van der Waals surface area contributed by atoms with E-state index < -0.39 is 0 Å². The number of anilines is 2. The van der Waals surface area contributed by atoms with E-state index >= 15 is 0 Å². The first kappa shape index (κ1) is 18.3. The van der Waals surface area contributed by atoms with Crippen molar-refractivity contribution in [3.05, 3.63) is 52.8 Å². The molecule has 138 valence electrons. The summed E-state index contributed by atoms with van der Waals surface area (Å²) in [5.41, 5.74) is 7.47. The molecule has 1 saturated heterocycles. The predicted molar refractivity (Wildman–Crippen MR) is 101 cm³/mol. The van der Waals surface area contributed by atoms with E-state index in [0.717, 1.165) is 25.2 Å². The number of halogens is 2. The van der Waals surface area contributed by atoms with Gasteiger partial charge in [0, 0.05) is 31.4 Å². The summed E-state index contributed by atoms with van der Waals surface area (Å²) in [6.07, 6.45) is 0.956. The molecule has 3 N–H and O–H groups in total. The van der Waals surface area contributed by atoms with Crippen LogP contribution in [0.1, 0.15) is 16.8 Å². The molecule has 0 saturated carbocycles. The van der Waals surface area contributed by atoms with E-state index in [4.69, 9.17) is 22.1 Å². The Balaban J connectivity index is 1.59. The lowest BCUT2D eigenvalue weighted by atomic mass is 10.1. The Labute approximate surface area is 156 Å². The number of nitrogens with zero attached hydrogens (tertiary/aromatic N) is 1. The van der Waals surface area contributed by atoms with Crippen molar-refractivity contribution in [2.75, 3.05) is 37.4 Å². The highest BCUT2D eigenvalue weighted by Crippen LogP contribution is 2.29. The molecule has 26 heavy (non-hydrogen) atoms. The summed E-state index contributed by atoms with van der Waals surface area (Å²) in [4.78, 5) is 14.7. The molecular weight excluding hydrogens is 357 g/mol. The Bertz CT molecular complexity index is 798. The molecule has 1 unspecified atom stereocenters. The van der Waals surface area contributed by atoms with Crippen LogP contribution in [0.25, 0.3) is 0 Å². The fourth-order valence-corrected chi connectivity index (χ4v) is 3.30. The first-order chi connectivity index (χ1) is 12.5. The lowest BCUT2D eigenvalue weighted by Gasteiger charge is -2.19. The lowest BCUT2D eigenvalue weighted by molar-refractivity contribution is 0.0945. The molecule has 2 aromatic carbocycles. The molecule has 7 heteroatoms. The van der Waals surface area contributed by atoms with Crippen molar-refractivity contribution in [2.24, 2.45) is 5.92 Å². The average molecular weight is 378 g/mol. The number of nitrogens with one attached hydrogen (secondary N) is 1. The summed E-state index contributed by atoms with van der Waals surface area (Å²) in [7, 11) is 1.48. The van der Waals surface area contributed by atoms with Gasteiger partial charge in [0.05, 0.1) is 23.4 Å². The largest absolute Gasteiger partial charge is 0.496 e. The third kappa shape index (κ3) is 4.02. The van der Waals surface area contributed by atoms with Crippen molar-refractivity contribution in [1.82, 2.24) is 5.32 Å². The summed E-state index contributed by atoms with van der Waals surface area (Å²) >= 11 is 6.02. The van der Waals surface area contributed by atoms with Crippen molar-refractivity contribution >= 4 is 28.9 Å². The molecule has 0 aromatic heterocycles. The molecule has 5 nitrogen and oxygen atoms in total. The normalized spacial score (nSPS) is 16.6. The minimum absolute atomic E-state index is 0.243. The third-order valence-corrected chi connectivity index (χ3v) is 4.92. The van der Waals surface area contributed by atoms with Crippen LogP contribution in [0.3, 0.4) is 0 Å². The summed E-state index contributed by atoms with van der Waals surface area (Å²) in [5, 5.41) is 3.26. The molecule has 0 radical (unpaired) electrons. The van der Waals surface area contributed by atoms with Gasteiger partial charge in [0.15, 0.2) is 0 Å². The zero-order valence-electron chi connectivity index (χ0n) is 14.5. The van der Waals surface area contributed by atoms with E-state index in [0.29, 0.717) is 34.5 Å². The molecule has 1 aliphatic rings. The van der Waals surface area contributed by atoms with Crippen LogP contribution in [0.15, 0.2) is 36.4 Å². The van der Waals surface area contributed by atoms with Crippen LogP contribution in [-0.2, 0) is 0 Å². The number of hydrogen-bond acceptors (Lipinski definition) is 4. The van der Waals surface area contributed by atoms with Crippen LogP contribution in [0.4, 0.5) is 15.8 Å². The zero-order valence-corrected chi connectivity index (χ0v) is 15.2. The number of rotatable bonds is 5. The van der Waals surface area contributed by atoms with Crippen molar-refractivity contribution < 1.29 is 13.9 Å². The Morgan fingerprint density at radius 3 is 2.81 bits per heavy atom. The van der Waals surface area contributed by atoms with Crippen molar-refractivity contribution in [1.29, 1.82) is 0 Å². The number of carbonyl (C=O) groups is 1. The molecule has 0 spiro atoms. The summed E-state index contributed by atoms with van der Waals surface area (Å²) in [6.45, 7) is 2.23. The molecule has 1 atom stereocenters. The van der Waals surface area contributed by atoms with E-state index in [2.05, 4.69) is 10.2 Å². The molecule has 1 amide bonds. The van der Waals surface area contributed by atoms with Crippen LogP contribution in [0, 0.1) is 11.7 Å². The summed E-state index contributed by atoms with van der Waals surface area (Å²) in [5.74, 6) is 0.222. The highest BCUT2D eigenvalue weighted by Gasteiger charge is 2.24. The maximum absolute atomic E-state index is 13.0. The fourth-order valence-electron chi connectivity index (χ4n) is 3.13. The topological polar surface area (TPSA) is 67.6 Å². The van der Waals surface area contributed by atoms with Gasteiger partial charge in [-0.2, -0.15) is 0 Å². The van der Waals surface area contributed by atoms with E-state index in [1.807, 2.05) is 0 Å². The zero-order chi connectivity index (χ0) is 18.7. The minimum Gasteiger partial charge on any atom is -0.496 e. The third-order valence-electron chi connectivity index (χ3n) is 4.59. The lowest BCUT2D eigenvalue weighted by Crippen LogP contribution is -2.31. The second-order valence-electron chi connectivity index (χ2n) is 6.36. The van der Waals surface area contributed by atoms with Gasteiger partial charge in [-0.25, -0.2) is 4.39 Å². The van der Waals surface area contributed by atoms with Gasteiger partial charge in [-0.3, -0.25) is 4.79 Å². The van der Waals surface area contributed by atoms with E-state index in [1.54, 1.807) is 18.2 Å². The molecule has 1 fully saturated rings. The van der Waals surface area contributed by atoms with Crippen LogP contribution < -0.4 is 20.7 Å². The Morgan fingerprint density at radius 1 is 1.38 bits per heavy atom. The molecular formula is C19H21ClFN3O2. The number of nitrogen functional groups attached to an aromatic ring is 1. The van der Waals surface area contributed by atoms with Crippen LogP contribution >= 0.6 is 11.6 Å². The second-order valence-corrected chi connectivity index (χ2v) is 6.77. The van der Waals surface area contributed by atoms with Crippen molar-refractivity contribution in [2.45, 2.75) is 6.42 Å². The predicted octanol–water partition coefficient (Wildman–Crippen LogP) is 3.33. The fraction of sp³-hybridized carbons (Fsp3) is 0.316. The van der Waals surface area contributed by atoms with Crippen molar-refractivity contribution in [3.63, 3.8) is 0 Å². The number of methoxy groups -OCH3 is 1. The molecule has 0 bridgehead atoms. The Kier molecular flexibility index (Phi) is 5.52. The standard InChI is InChI=1S/C19H21ClFN3O2/c1-26-18-9-17(22)16(20)8-15(18)19(25)23-10-12-6-7-24(11-12)14-4-2-13(21)3-5-14/h2-5,8-9,12H,6-7,10-11,22H2,1H3,(H,23,25). The molecule has 1 aliphatic heterocycles. The average Bonchev–Trinajstić information content (AvgIpc) is 3.11. The number of ether oxygens (including phenoxy) is 1. The number of hydrogen-bond donors (Lipinski definition) is 2. The van der Waals surface area contributed by atoms with Gasteiger partial charge in [-0.15, -0.1) is 0 Å². The van der Waals surface area contributed by atoms with Gasteiger partial charge in [0.2, 0.25) is 0 Å². The van der Waals surface area contributed by atoms with Gasteiger partial charge in [0.25, 0.3) is 5.91 Å². The van der Waals surface area contributed by atoms with E-state index in [-0.39, 0.29) is 11.7 Å². The smallest absolute Gasteiger partial charge is 0.255 e. The number of benzene rings is 2. The van der Waals surface area contributed by atoms with E-state index in [1.165, 1.54) is 25.3 Å². The van der Waals surface area contributed by atoms with E-state index in [9.17, 15) is 9.18 Å². The minimum atomic E-state index is -0.246. The van der Waals surface area contributed by atoms with Gasteiger partial charge in [-0.05, 0) is 42.7 Å². The Morgan fingerprint density at radius 2 is 2.12 bits per heavy atom. The van der Waals surface area contributed by atoms with Gasteiger partial charge >= 0.3 is 0 Å². The SMILES string of the molecule is COc1cc(N)c(Cl)cc1C(=O)NCC1CCN(c2ccc(F)cc2)C1. The van der Waals surface area contributed by atoms with Gasteiger partial charge < -0.3 is 20.7 Å². The molecule has 0 aliphatic carbocycles. The van der Waals surface area contributed by atoms with Gasteiger partial charge in [-0.1, -0.05) is 11.6 Å². The first-order valence-corrected chi connectivity index (χ1v) is 8.77.